The van der Waals surface area contributed by atoms with E-state index in [9.17, 15) is 0 Å². The van der Waals surface area contributed by atoms with Gasteiger partial charge in [0.1, 0.15) is 0 Å². The van der Waals surface area contributed by atoms with Crippen molar-refractivity contribution < 1.29 is 0 Å². The first-order valence-electron chi connectivity index (χ1n) is 7.27. The van der Waals surface area contributed by atoms with Crippen LogP contribution in [-0.4, -0.2) is 26.1 Å². The van der Waals surface area contributed by atoms with Crippen molar-refractivity contribution in [1.29, 1.82) is 0 Å². The second-order valence-electron chi connectivity index (χ2n) is 5.18. The molecule has 2 heterocycles. The summed E-state index contributed by atoms with van der Waals surface area (Å²) in [6.45, 7) is 0. The van der Waals surface area contributed by atoms with Crippen LogP contribution in [0.4, 0.5) is 0 Å². The van der Waals surface area contributed by atoms with Crippen molar-refractivity contribution in [1.82, 2.24) is 19.9 Å². The van der Waals surface area contributed by atoms with E-state index in [1.807, 2.05) is 48.7 Å². The zero-order chi connectivity index (χ0) is 16.5. The average Bonchev–Trinajstić information content (AvgIpc) is 3.17. The van der Waals surface area contributed by atoms with Crippen molar-refractivity contribution in [2.45, 2.75) is 0 Å². The summed E-state index contributed by atoms with van der Waals surface area (Å²) >= 11 is 8.86. The van der Waals surface area contributed by atoms with E-state index in [0.717, 1.165) is 26.5 Å². The van der Waals surface area contributed by atoms with Crippen molar-refractivity contribution >= 4 is 45.3 Å². The van der Waals surface area contributed by atoms with Crippen LogP contribution < -0.4 is 0 Å². The Hall–Kier alpha value is -2.51. The highest BCUT2D eigenvalue weighted by atomic mass is 79.9. The van der Waals surface area contributed by atoms with Crippen molar-refractivity contribution in [2.24, 2.45) is 5.10 Å². The van der Waals surface area contributed by atoms with Gasteiger partial charge in [-0.1, -0.05) is 46.3 Å². The molecule has 4 aromatic rings. The molecule has 0 atom stereocenters. The van der Waals surface area contributed by atoms with Gasteiger partial charge in [0, 0.05) is 32.7 Å². The van der Waals surface area contributed by atoms with Gasteiger partial charge in [-0.3, -0.25) is 0 Å². The molecule has 0 spiro atoms. The Labute approximate surface area is 151 Å². The fraction of sp³-hybridized carbons (Fsp3) is 0. The molecule has 2 N–H and O–H groups in total. The lowest BCUT2D eigenvalue weighted by Crippen LogP contribution is -1.95. The number of fused-ring (bicyclic) bond motifs is 1. The molecule has 5 nitrogen and oxygen atoms in total. The molecule has 0 saturated carbocycles. The predicted molar refractivity (Wildman–Crippen MR) is 102 cm³/mol. The third kappa shape index (κ3) is 2.61. The van der Waals surface area contributed by atoms with E-state index >= 15 is 0 Å². The van der Waals surface area contributed by atoms with Crippen LogP contribution in [0.3, 0.4) is 0 Å². The van der Waals surface area contributed by atoms with E-state index in [0.29, 0.717) is 10.6 Å². The number of aromatic nitrogens is 4. The van der Waals surface area contributed by atoms with E-state index in [-0.39, 0.29) is 0 Å². The van der Waals surface area contributed by atoms with E-state index in [1.165, 1.54) is 0 Å². The summed E-state index contributed by atoms with van der Waals surface area (Å²) in [6.07, 6.45) is 3.71. The molecule has 0 unspecified atom stereocenters. The Morgan fingerprint density at radius 3 is 2.79 bits per heavy atom. The van der Waals surface area contributed by atoms with Crippen LogP contribution >= 0.6 is 28.1 Å². The highest BCUT2D eigenvalue weighted by Crippen LogP contribution is 2.26. The fourth-order valence-corrected chi connectivity index (χ4v) is 3.18. The highest BCUT2D eigenvalue weighted by molar-refractivity contribution is 9.10. The lowest BCUT2D eigenvalue weighted by Gasteiger charge is -2.03. The highest BCUT2D eigenvalue weighted by Gasteiger charge is 2.11. The normalized spacial score (nSPS) is 11.5. The Balaban J connectivity index is 1.80. The summed E-state index contributed by atoms with van der Waals surface area (Å²) in [4.78, 5) is 3.23. The minimum atomic E-state index is 0.442. The molecule has 0 aliphatic carbocycles. The Bertz CT molecular complexity index is 1110. The second kappa shape index (κ2) is 6.18. The number of hydrogen-bond acceptors (Lipinski definition) is 3. The number of nitrogens with zero attached hydrogens (tertiary/aromatic N) is 3. The van der Waals surface area contributed by atoms with Gasteiger partial charge in [0.15, 0.2) is 5.82 Å². The molecule has 7 heteroatoms. The number of aromatic amines is 2. The third-order valence-corrected chi connectivity index (χ3v) is 4.65. The molecule has 0 saturated heterocycles. The molecular formula is C17H12BrN5S. The van der Waals surface area contributed by atoms with Gasteiger partial charge in [-0.2, -0.15) is 14.9 Å². The predicted octanol–water partition coefficient (Wildman–Crippen LogP) is 4.73. The largest absolute Gasteiger partial charge is 0.361 e. The van der Waals surface area contributed by atoms with Gasteiger partial charge in [0.2, 0.25) is 4.77 Å². The van der Waals surface area contributed by atoms with Gasteiger partial charge in [-0.25, -0.2) is 5.10 Å². The summed E-state index contributed by atoms with van der Waals surface area (Å²) in [7, 11) is 0. The zero-order valence-electron chi connectivity index (χ0n) is 12.4. The lowest BCUT2D eigenvalue weighted by atomic mass is 10.2. The van der Waals surface area contributed by atoms with Gasteiger partial charge >= 0.3 is 0 Å². The third-order valence-electron chi connectivity index (χ3n) is 3.70. The Morgan fingerprint density at radius 1 is 1.12 bits per heavy atom. The topological polar surface area (TPSA) is 61.8 Å². The maximum absolute atomic E-state index is 5.31. The molecule has 24 heavy (non-hydrogen) atoms. The van der Waals surface area contributed by atoms with Crippen LogP contribution in [0.1, 0.15) is 5.56 Å². The minimum Gasteiger partial charge on any atom is -0.361 e. The Morgan fingerprint density at radius 2 is 1.92 bits per heavy atom. The number of benzene rings is 2. The number of H-pyrrole nitrogens is 2. The molecule has 4 rings (SSSR count). The van der Waals surface area contributed by atoms with Gasteiger partial charge < -0.3 is 4.98 Å². The van der Waals surface area contributed by atoms with Crippen LogP contribution in [0.2, 0.25) is 0 Å². The summed E-state index contributed by atoms with van der Waals surface area (Å²) in [5.74, 6) is 0.656. The fourth-order valence-electron chi connectivity index (χ4n) is 2.54. The molecule has 0 bridgehead atoms. The molecule has 0 radical (unpaired) electrons. The number of rotatable bonds is 3. The standard InChI is InChI=1S/C17H12BrN5S/c18-14-7-3-1-6-13(14)16-21-22-17(24)23(16)20-10-11-9-19-15-8-4-2-5-12(11)15/h1-10,19H,(H,22,24)/b20-10+. The summed E-state index contributed by atoms with van der Waals surface area (Å²) in [5, 5.41) is 12.7. The van der Waals surface area contributed by atoms with E-state index in [4.69, 9.17) is 12.2 Å². The first-order valence-corrected chi connectivity index (χ1v) is 8.47. The van der Waals surface area contributed by atoms with Crippen LogP contribution in [0, 0.1) is 4.77 Å². The SMILES string of the molecule is S=c1[nH]nc(-c2ccccc2Br)n1/N=C/c1c[nH]c2ccccc12. The van der Waals surface area contributed by atoms with E-state index in [1.54, 1.807) is 10.9 Å². The average molecular weight is 398 g/mol. The van der Waals surface area contributed by atoms with E-state index < -0.39 is 0 Å². The van der Waals surface area contributed by atoms with Crippen molar-refractivity contribution in [3.63, 3.8) is 0 Å². The summed E-state index contributed by atoms with van der Waals surface area (Å²) in [5.41, 5.74) is 2.98. The van der Waals surface area contributed by atoms with Crippen molar-refractivity contribution in [3.8, 4) is 11.4 Å². The molecule has 0 amide bonds. The quantitative estimate of drug-likeness (QED) is 0.387. The zero-order valence-corrected chi connectivity index (χ0v) is 14.8. The number of nitrogens with one attached hydrogen (secondary N) is 2. The van der Waals surface area contributed by atoms with Gasteiger partial charge in [0.25, 0.3) is 0 Å². The van der Waals surface area contributed by atoms with Crippen LogP contribution in [0.5, 0.6) is 0 Å². The first kappa shape index (κ1) is 15.0. The Kier molecular flexibility index (Phi) is 3.87. The molecule has 0 fully saturated rings. The number of hydrogen-bond donors (Lipinski definition) is 2. The van der Waals surface area contributed by atoms with Crippen molar-refractivity contribution in [3.05, 3.63) is 69.5 Å². The lowest BCUT2D eigenvalue weighted by molar-refractivity contribution is 0.871. The summed E-state index contributed by atoms with van der Waals surface area (Å²) < 4.78 is 3.00. The minimum absolute atomic E-state index is 0.442. The van der Waals surface area contributed by atoms with Crippen LogP contribution in [0.25, 0.3) is 22.3 Å². The molecule has 2 aromatic heterocycles. The smallest absolute Gasteiger partial charge is 0.216 e. The molecule has 0 aliphatic heterocycles. The maximum atomic E-state index is 5.31. The first-order chi connectivity index (χ1) is 11.7. The molecule has 2 aromatic carbocycles. The summed E-state index contributed by atoms with van der Waals surface area (Å²) in [6, 6.07) is 15.9. The number of halogens is 1. The van der Waals surface area contributed by atoms with Crippen LogP contribution in [0.15, 0.2) is 64.3 Å². The van der Waals surface area contributed by atoms with Crippen molar-refractivity contribution in [2.75, 3.05) is 0 Å². The van der Waals surface area contributed by atoms with E-state index in [2.05, 4.69) is 42.3 Å². The maximum Gasteiger partial charge on any atom is 0.216 e. The van der Waals surface area contributed by atoms with Gasteiger partial charge in [0.05, 0.1) is 6.21 Å². The number of para-hydroxylation sites is 1. The molecular weight excluding hydrogens is 386 g/mol. The second-order valence-corrected chi connectivity index (χ2v) is 6.42. The van der Waals surface area contributed by atoms with Gasteiger partial charge in [-0.15, -0.1) is 0 Å². The molecule has 0 aliphatic rings. The monoisotopic (exact) mass is 397 g/mol. The van der Waals surface area contributed by atoms with Crippen LogP contribution in [-0.2, 0) is 0 Å². The molecule has 118 valence electrons. The van der Waals surface area contributed by atoms with Gasteiger partial charge in [-0.05, 0) is 30.4 Å².